The molecule has 104 valence electrons. The largest absolute Gasteiger partial charge is 0.339 e. The monoisotopic (exact) mass is 274 g/mol. The van der Waals surface area contributed by atoms with Crippen LogP contribution >= 0.6 is 0 Å². The van der Waals surface area contributed by atoms with Crippen molar-refractivity contribution in [1.29, 1.82) is 0 Å². The third-order valence-electron chi connectivity index (χ3n) is 4.11. The molecule has 2 saturated heterocycles. The fourth-order valence-corrected chi connectivity index (χ4v) is 4.70. The lowest BCUT2D eigenvalue weighted by Crippen LogP contribution is -2.45. The molecule has 0 aromatic heterocycles. The Morgan fingerprint density at radius 3 is 2.56 bits per heavy atom. The number of sulfone groups is 1. The van der Waals surface area contributed by atoms with E-state index in [-0.39, 0.29) is 29.4 Å². The van der Waals surface area contributed by atoms with Crippen LogP contribution in [-0.2, 0) is 14.6 Å². The van der Waals surface area contributed by atoms with Gasteiger partial charge in [-0.25, -0.2) is 8.42 Å². The van der Waals surface area contributed by atoms with Crippen molar-refractivity contribution in [2.75, 3.05) is 31.1 Å². The van der Waals surface area contributed by atoms with Crippen molar-refractivity contribution in [2.24, 2.45) is 11.8 Å². The Hall–Kier alpha value is -0.620. The van der Waals surface area contributed by atoms with Gasteiger partial charge in [-0.3, -0.25) is 4.79 Å². The maximum atomic E-state index is 12.5. The van der Waals surface area contributed by atoms with Gasteiger partial charge in [-0.2, -0.15) is 0 Å². The van der Waals surface area contributed by atoms with E-state index in [1.165, 1.54) is 0 Å². The van der Waals surface area contributed by atoms with Crippen LogP contribution in [0.3, 0.4) is 0 Å². The summed E-state index contributed by atoms with van der Waals surface area (Å²) in [5, 5.41) is 3.22. The van der Waals surface area contributed by atoms with Gasteiger partial charge in [-0.1, -0.05) is 6.92 Å². The van der Waals surface area contributed by atoms with Crippen molar-refractivity contribution in [1.82, 2.24) is 10.2 Å². The van der Waals surface area contributed by atoms with Crippen LogP contribution in [0.5, 0.6) is 0 Å². The number of carbonyl (C=O) groups is 1. The molecule has 6 heteroatoms. The molecule has 2 heterocycles. The summed E-state index contributed by atoms with van der Waals surface area (Å²) in [5.41, 5.74) is 0. The fourth-order valence-electron chi connectivity index (χ4n) is 2.97. The highest BCUT2D eigenvalue weighted by Crippen LogP contribution is 2.24. The first-order chi connectivity index (χ1) is 8.44. The quantitative estimate of drug-likeness (QED) is 0.779. The lowest BCUT2D eigenvalue weighted by molar-refractivity contribution is -0.137. The van der Waals surface area contributed by atoms with Crippen LogP contribution in [0.4, 0.5) is 0 Å². The van der Waals surface area contributed by atoms with Crippen LogP contribution in [0.1, 0.15) is 20.3 Å². The second kappa shape index (κ2) is 5.17. The van der Waals surface area contributed by atoms with Gasteiger partial charge in [0.25, 0.3) is 0 Å². The highest BCUT2D eigenvalue weighted by Gasteiger charge is 2.38. The summed E-state index contributed by atoms with van der Waals surface area (Å²) < 4.78 is 23.0. The van der Waals surface area contributed by atoms with Gasteiger partial charge >= 0.3 is 0 Å². The Labute approximate surface area is 109 Å². The normalized spacial score (nSPS) is 34.7. The molecule has 2 rings (SSSR count). The Bertz CT molecular complexity index is 421. The molecular formula is C12H22N2O3S. The average Bonchev–Trinajstić information content (AvgIpc) is 2.86. The lowest BCUT2D eigenvalue weighted by Gasteiger charge is -2.30. The number of hydrogen-bond donors (Lipinski definition) is 1. The lowest BCUT2D eigenvalue weighted by atomic mass is 9.96. The standard InChI is InChI=1S/C12H22N2O3S/c1-3-14(10-4-5-18(16,17)8-10)12(15)11-7-13-6-9(11)2/h9-11,13H,3-8H2,1-2H3. The minimum Gasteiger partial charge on any atom is -0.339 e. The predicted molar refractivity (Wildman–Crippen MR) is 70.0 cm³/mol. The summed E-state index contributed by atoms with van der Waals surface area (Å²) in [6.07, 6.45) is 0.594. The molecule has 2 aliphatic rings. The first-order valence-corrected chi connectivity index (χ1v) is 8.48. The smallest absolute Gasteiger partial charge is 0.227 e. The SMILES string of the molecule is CCN(C(=O)C1CNCC1C)C1CCS(=O)(=O)C1. The molecule has 3 atom stereocenters. The Balaban J connectivity index is 2.07. The first-order valence-electron chi connectivity index (χ1n) is 6.66. The van der Waals surface area contributed by atoms with Crippen molar-refractivity contribution < 1.29 is 13.2 Å². The zero-order chi connectivity index (χ0) is 13.3. The Morgan fingerprint density at radius 1 is 1.39 bits per heavy atom. The van der Waals surface area contributed by atoms with Crippen molar-refractivity contribution in [2.45, 2.75) is 26.3 Å². The van der Waals surface area contributed by atoms with Crippen molar-refractivity contribution >= 4 is 15.7 Å². The van der Waals surface area contributed by atoms with Crippen LogP contribution in [-0.4, -0.2) is 56.4 Å². The third-order valence-corrected chi connectivity index (χ3v) is 5.86. The van der Waals surface area contributed by atoms with Crippen LogP contribution in [0, 0.1) is 11.8 Å². The molecule has 2 fully saturated rings. The number of nitrogens with one attached hydrogen (secondary N) is 1. The summed E-state index contributed by atoms with van der Waals surface area (Å²) in [4.78, 5) is 14.3. The fraction of sp³-hybridized carbons (Fsp3) is 0.917. The molecule has 0 saturated carbocycles. The topological polar surface area (TPSA) is 66.5 Å². The van der Waals surface area contributed by atoms with Crippen LogP contribution in [0.25, 0.3) is 0 Å². The molecule has 0 radical (unpaired) electrons. The summed E-state index contributed by atoms with van der Waals surface area (Å²) in [5.74, 6) is 0.830. The van der Waals surface area contributed by atoms with E-state index >= 15 is 0 Å². The summed E-state index contributed by atoms with van der Waals surface area (Å²) in [7, 11) is -2.93. The summed E-state index contributed by atoms with van der Waals surface area (Å²) in [6.45, 7) is 6.19. The number of carbonyl (C=O) groups excluding carboxylic acids is 1. The van der Waals surface area contributed by atoms with Gasteiger partial charge in [0.1, 0.15) is 0 Å². The highest BCUT2D eigenvalue weighted by molar-refractivity contribution is 7.91. The summed E-state index contributed by atoms with van der Waals surface area (Å²) >= 11 is 0. The van der Waals surface area contributed by atoms with Gasteiger partial charge in [0.15, 0.2) is 9.84 Å². The van der Waals surface area contributed by atoms with Gasteiger partial charge in [0.2, 0.25) is 5.91 Å². The molecular weight excluding hydrogens is 252 g/mol. The maximum absolute atomic E-state index is 12.5. The van der Waals surface area contributed by atoms with Crippen molar-refractivity contribution in [3.63, 3.8) is 0 Å². The van der Waals surface area contributed by atoms with Crippen LogP contribution < -0.4 is 5.32 Å². The second-order valence-corrected chi connectivity index (χ2v) is 7.65. The van der Waals surface area contributed by atoms with E-state index < -0.39 is 9.84 Å². The third kappa shape index (κ3) is 2.69. The Kier molecular flexibility index (Phi) is 3.96. The number of nitrogens with zero attached hydrogens (tertiary/aromatic N) is 1. The van der Waals surface area contributed by atoms with E-state index in [1.807, 2.05) is 6.92 Å². The van der Waals surface area contributed by atoms with Crippen molar-refractivity contribution in [3.8, 4) is 0 Å². The number of amides is 1. The van der Waals surface area contributed by atoms with Gasteiger partial charge in [-0.05, 0) is 25.8 Å². The van der Waals surface area contributed by atoms with E-state index in [2.05, 4.69) is 12.2 Å². The van der Waals surface area contributed by atoms with Gasteiger partial charge < -0.3 is 10.2 Å². The minimum atomic E-state index is -2.93. The molecule has 3 unspecified atom stereocenters. The Morgan fingerprint density at radius 2 is 2.11 bits per heavy atom. The molecule has 5 nitrogen and oxygen atoms in total. The summed E-state index contributed by atoms with van der Waals surface area (Å²) in [6, 6.07) is -0.111. The molecule has 1 amide bonds. The van der Waals surface area contributed by atoms with Gasteiger partial charge in [0.05, 0.1) is 17.4 Å². The zero-order valence-electron chi connectivity index (χ0n) is 11.1. The molecule has 0 spiro atoms. The minimum absolute atomic E-state index is 0.00764. The van der Waals surface area contributed by atoms with E-state index in [0.717, 1.165) is 13.1 Å². The zero-order valence-corrected chi connectivity index (χ0v) is 11.9. The molecule has 0 aliphatic carbocycles. The molecule has 1 N–H and O–H groups in total. The van der Waals surface area contributed by atoms with E-state index in [4.69, 9.17) is 0 Å². The molecule has 0 aromatic carbocycles. The molecule has 0 bridgehead atoms. The van der Waals surface area contributed by atoms with Gasteiger partial charge in [-0.15, -0.1) is 0 Å². The van der Waals surface area contributed by atoms with Crippen LogP contribution in [0.15, 0.2) is 0 Å². The number of hydrogen-bond acceptors (Lipinski definition) is 4. The van der Waals surface area contributed by atoms with E-state index in [1.54, 1.807) is 4.90 Å². The molecule has 0 aromatic rings. The second-order valence-electron chi connectivity index (χ2n) is 5.42. The highest BCUT2D eigenvalue weighted by atomic mass is 32.2. The average molecular weight is 274 g/mol. The molecule has 18 heavy (non-hydrogen) atoms. The van der Waals surface area contributed by atoms with E-state index in [9.17, 15) is 13.2 Å². The number of rotatable bonds is 3. The molecule has 2 aliphatic heterocycles. The van der Waals surface area contributed by atoms with Crippen molar-refractivity contribution in [3.05, 3.63) is 0 Å². The van der Waals surface area contributed by atoms with Gasteiger partial charge in [0, 0.05) is 19.1 Å². The van der Waals surface area contributed by atoms with Crippen LogP contribution in [0.2, 0.25) is 0 Å². The first kappa shape index (κ1) is 13.8. The van der Waals surface area contributed by atoms with E-state index in [0.29, 0.717) is 18.9 Å². The predicted octanol–water partition coefficient (Wildman–Crippen LogP) is -0.122. The maximum Gasteiger partial charge on any atom is 0.227 e.